The lowest BCUT2D eigenvalue weighted by atomic mass is 9.90. The van der Waals surface area contributed by atoms with Crippen LogP contribution in [0, 0.1) is 11.3 Å². The van der Waals surface area contributed by atoms with E-state index in [4.69, 9.17) is 0 Å². The highest BCUT2D eigenvalue weighted by Gasteiger charge is 2.32. The molecular weight excluding hydrogens is 285 g/mol. The molecule has 0 bridgehead atoms. The van der Waals surface area contributed by atoms with Crippen LogP contribution in [-0.4, -0.2) is 42.5 Å². The fourth-order valence-electron chi connectivity index (χ4n) is 2.29. The third-order valence-electron chi connectivity index (χ3n) is 3.36. The summed E-state index contributed by atoms with van der Waals surface area (Å²) in [6.07, 6.45) is -3.13. The number of alkyl halides is 3. The zero-order valence-corrected chi connectivity index (χ0v) is 12.7. The summed E-state index contributed by atoms with van der Waals surface area (Å²) in [6.45, 7) is 5.49. The summed E-state index contributed by atoms with van der Waals surface area (Å²) in [4.78, 5) is 25.4. The lowest BCUT2D eigenvalue weighted by molar-refractivity contribution is -0.143. The Bertz CT molecular complexity index is 381. The van der Waals surface area contributed by atoms with Crippen LogP contribution in [0.5, 0.6) is 0 Å². The van der Waals surface area contributed by atoms with E-state index in [0.717, 1.165) is 0 Å². The van der Waals surface area contributed by atoms with E-state index in [9.17, 15) is 22.8 Å². The Hall–Kier alpha value is -1.27. The number of carbonyl (C=O) groups excluding carboxylic acids is 2. The summed E-state index contributed by atoms with van der Waals surface area (Å²) in [5.74, 6) is -0.974. The van der Waals surface area contributed by atoms with E-state index < -0.39 is 24.5 Å². The highest BCUT2D eigenvalue weighted by molar-refractivity contribution is 5.80. The molecule has 1 fully saturated rings. The molecule has 0 saturated carbocycles. The molecule has 1 aliphatic heterocycles. The normalized spacial score (nSPS) is 17.7. The molecule has 0 aliphatic carbocycles. The van der Waals surface area contributed by atoms with E-state index >= 15 is 0 Å². The number of hydrogen-bond acceptors (Lipinski definition) is 2. The second kappa shape index (κ2) is 6.66. The Morgan fingerprint density at radius 1 is 1.14 bits per heavy atom. The summed E-state index contributed by atoms with van der Waals surface area (Å²) >= 11 is 0. The lowest BCUT2D eigenvalue weighted by Gasteiger charge is -2.33. The van der Waals surface area contributed by atoms with Gasteiger partial charge in [-0.1, -0.05) is 20.8 Å². The molecule has 7 heteroatoms. The monoisotopic (exact) mass is 308 g/mol. The summed E-state index contributed by atoms with van der Waals surface area (Å²) < 4.78 is 36.1. The lowest BCUT2D eigenvalue weighted by Crippen LogP contribution is -2.45. The van der Waals surface area contributed by atoms with Gasteiger partial charge in [-0.25, -0.2) is 0 Å². The molecular formula is C14H23F3N2O2. The smallest absolute Gasteiger partial charge is 0.347 e. The van der Waals surface area contributed by atoms with Gasteiger partial charge in [0.05, 0.1) is 0 Å². The van der Waals surface area contributed by atoms with Gasteiger partial charge in [-0.2, -0.15) is 13.2 Å². The third-order valence-corrected chi connectivity index (χ3v) is 3.36. The molecule has 0 aromatic carbocycles. The molecule has 1 aliphatic rings. The average molecular weight is 308 g/mol. The third kappa shape index (κ3) is 6.82. The van der Waals surface area contributed by atoms with Crippen LogP contribution in [0.3, 0.4) is 0 Å². The van der Waals surface area contributed by atoms with Crippen molar-refractivity contribution < 1.29 is 22.8 Å². The number of amides is 2. The van der Waals surface area contributed by atoms with E-state index in [0.29, 0.717) is 32.4 Å². The zero-order valence-electron chi connectivity index (χ0n) is 12.7. The summed E-state index contributed by atoms with van der Waals surface area (Å²) in [7, 11) is 0. The molecule has 0 aromatic heterocycles. The van der Waals surface area contributed by atoms with Gasteiger partial charge in [-0.3, -0.25) is 9.59 Å². The van der Waals surface area contributed by atoms with Crippen LogP contribution in [-0.2, 0) is 9.59 Å². The number of nitrogens with one attached hydrogen (secondary N) is 1. The van der Waals surface area contributed by atoms with Gasteiger partial charge in [0.25, 0.3) is 0 Å². The first-order valence-corrected chi connectivity index (χ1v) is 7.10. The number of halogens is 3. The highest BCUT2D eigenvalue weighted by Crippen LogP contribution is 2.23. The van der Waals surface area contributed by atoms with Gasteiger partial charge in [-0.15, -0.1) is 0 Å². The van der Waals surface area contributed by atoms with Crippen LogP contribution in [0.1, 0.15) is 40.0 Å². The Morgan fingerprint density at radius 3 is 2.10 bits per heavy atom. The number of rotatable bonds is 3. The van der Waals surface area contributed by atoms with Crippen molar-refractivity contribution >= 4 is 11.8 Å². The fourth-order valence-corrected chi connectivity index (χ4v) is 2.29. The fraction of sp³-hybridized carbons (Fsp3) is 0.857. The molecule has 122 valence electrons. The average Bonchev–Trinajstić information content (AvgIpc) is 2.33. The highest BCUT2D eigenvalue weighted by atomic mass is 19.4. The first-order chi connectivity index (χ1) is 9.48. The predicted molar refractivity (Wildman–Crippen MR) is 72.4 cm³/mol. The molecule has 0 spiro atoms. The molecule has 0 aromatic rings. The Balaban J connectivity index is 2.38. The molecule has 1 rings (SSSR count). The van der Waals surface area contributed by atoms with Gasteiger partial charge in [0.1, 0.15) is 6.54 Å². The second-order valence-electron chi connectivity index (χ2n) is 6.73. The second-order valence-corrected chi connectivity index (χ2v) is 6.73. The molecule has 0 atom stereocenters. The van der Waals surface area contributed by atoms with Gasteiger partial charge < -0.3 is 10.2 Å². The van der Waals surface area contributed by atoms with Gasteiger partial charge >= 0.3 is 6.18 Å². The van der Waals surface area contributed by atoms with E-state index in [-0.39, 0.29) is 11.3 Å². The Kier molecular flexibility index (Phi) is 5.64. The van der Waals surface area contributed by atoms with Gasteiger partial charge in [-0.05, 0) is 18.3 Å². The molecule has 0 unspecified atom stereocenters. The SMILES string of the molecule is CC(C)(C)CC(=O)N1CCC(C(=O)NCC(F)(F)F)CC1. The van der Waals surface area contributed by atoms with Crippen molar-refractivity contribution in [2.45, 2.75) is 46.2 Å². The minimum atomic E-state index is -4.39. The van der Waals surface area contributed by atoms with Gasteiger partial charge in [0.15, 0.2) is 0 Å². The van der Waals surface area contributed by atoms with Crippen molar-refractivity contribution in [3.8, 4) is 0 Å². The molecule has 2 amide bonds. The van der Waals surface area contributed by atoms with Crippen LogP contribution in [0.25, 0.3) is 0 Å². The van der Waals surface area contributed by atoms with Crippen LogP contribution >= 0.6 is 0 Å². The van der Waals surface area contributed by atoms with Crippen LogP contribution < -0.4 is 5.32 Å². The number of piperidine rings is 1. The predicted octanol–water partition coefficient (Wildman–Crippen LogP) is 2.34. The van der Waals surface area contributed by atoms with Crippen LogP contribution in [0.2, 0.25) is 0 Å². The van der Waals surface area contributed by atoms with Crippen LogP contribution in [0.15, 0.2) is 0 Å². The molecule has 1 heterocycles. The molecule has 0 radical (unpaired) electrons. The van der Waals surface area contributed by atoms with Crippen molar-refractivity contribution in [2.75, 3.05) is 19.6 Å². The minimum absolute atomic E-state index is 0.0386. The number of hydrogen-bond donors (Lipinski definition) is 1. The quantitative estimate of drug-likeness (QED) is 0.870. The molecule has 4 nitrogen and oxygen atoms in total. The first kappa shape index (κ1) is 17.8. The zero-order chi connectivity index (χ0) is 16.3. The summed E-state index contributed by atoms with van der Waals surface area (Å²) in [6, 6.07) is 0. The summed E-state index contributed by atoms with van der Waals surface area (Å²) in [5, 5.41) is 1.91. The maximum atomic E-state index is 12.0. The van der Waals surface area contributed by atoms with Gasteiger partial charge in [0.2, 0.25) is 11.8 Å². The number of likely N-dealkylation sites (tertiary alicyclic amines) is 1. The van der Waals surface area contributed by atoms with Crippen molar-refractivity contribution in [3.63, 3.8) is 0 Å². The first-order valence-electron chi connectivity index (χ1n) is 7.10. The maximum Gasteiger partial charge on any atom is 0.405 e. The molecule has 21 heavy (non-hydrogen) atoms. The largest absolute Gasteiger partial charge is 0.405 e. The number of carbonyl (C=O) groups is 2. The van der Waals surface area contributed by atoms with Crippen molar-refractivity contribution in [3.05, 3.63) is 0 Å². The van der Waals surface area contributed by atoms with Crippen molar-refractivity contribution in [1.82, 2.24) is 10.2 Å². The summed E-state index contributed by atoms with van der Waals surface area (Å²) in [5.41, 5.74) is -0.0992. The Labute approximate surface area is 123 Å². The maximum absolute atomic E-state index is 12.0. The molecule has 1 saturated heterocycles. The van der Waals surface area contributed by atoms with Crippen molar-refractivity contribution in [2.24, 2.45) is 11.3 Å². The Morgan fingerprint density at radius 2 is 1.67 bits per heavy atom. The number of nitrogens with zero attached hydrogens (tertiary/aromatic N) is 1. The standard InChI is InChI=1S/C14H23F3N2O2/c1-13(2,3)8-11(20)19-6-4-10(5-7-19)12(21)18-9-14(15,16)17/h10H,4-9H2,1-3H3,(H,18,21). The van der Waals surface area contributed by atoms with E-state index in [1.165, 1.54) is 0 Å². The van der Waals surface area contributed by atoms with Crippen LogP contribution in [0.4, 0.5) is 13.2 Å². The van der Waals surface area contributed by atoms with Gasteiger partial charge in [0, 0.05) is 25.4 Å². The minimum Gasteiger partial charge on any atom is -0.347 e. The molecule has 1 N–H and O–H groups in total. The van der Waals surface area contributed by atoms with Crippen molar-refractivity contribution in [1.29, 1.82) is 0 Å². The topological polar surface area (TPSA) is 49.4 Å². The van der Waals surface area contributed by atoms with E-state index in [2.05, 4.69) is 0 Å². The van der Waals surface area contributed by atoms with E-state index in [1.54, 1.807) is 4.90 Å². The van der Waals surface area contributed by atoms with E-state index in [1.807, 2.05) is 26.1 Å².